The van der Waals surface area contributed by atoms with Crippen molar-refractivity contribution < 1.29 is 0 Å². The zero-order valence-corrected chi connectivity index (χ0v) is 15.0. The van der Waals surface area contributed by atoms with Crippen molar-refractivity contribution in [3.8, 4) is 0 Å². The fraction of sp³-hybridized carbons (Fsp3) is 0.364. The monoisotopic (exact) mass is 337 g/mol. The highest BCUT2D eigenvalue weighted by atomic mass is 35.5. The SMILES string of the molecule is Cc1c(Cl)cccc1C1=CC2CCCC(C1)N2Cc1ccccc1. The Kier molecular flexibility index (Phi) is 4.47. The molecule has 4 rings (SSSR count). The second-order valence-electron chi connectivity index (χ2n) is 7.12. The average Bonchev–Trinajstić information content (AvgIpc) is 2.58. The number of fused-ring (bicyclic) bond motifs is 2. The summed E-state index contributed by atoms with van der Waals surface area (Å²) in [7, 11) is 0. The Morgan fingerprint density at radius 3 is 2.67 bits per heavy atom. The maximum Gasteiger partial charge on any atom is 0.0441 e. The van der Waals surface area contributed by atoms with Gasteiger partial charge < -0.3 is 0 Å². The van der Waals surface area contributed by atoms with Gasteiger partial charge in [-0.15, -0.1) is 0 Å². The molecule has 2 aromatic carbocycles. The van der Waals surface area contributed by atoms with E-state index in [0.717, 1.165) is 18.0 Å². The summed E-state index contributed by atoms with van der Waals surface area (Å²) in [6, 6.07) is 18.4. The number of rotatable bonds is 3. The van der Waals surface area contributed by atoms with E-state index in [-0.39, 0.29) is 0 Å². The molecule has 2 aliphatic rings. The predicted octanol–water partition coefficient (Wildman–Crippen LogP) is 5.86. The fourth-order valence-corrected chi connectivity index (χ4v) is 4.49. The second kappa shape index (κ2) is 6.74. The van der Waals surface area contributed by atoms with Crippen molar-refractivity contribution in [1.29, 1.82) is 0 Å². The first kappa shape index (κ1) is 15.9. The summed E-state index contributed by atoms with van der Waals surface area (Å²) in [5, 5.41) is 0.880. The molecule has 24 heavy (non-hydrogen) atoms. The van der Waals surface area contributed by atoms with Crippen LogP contribution in [0, 0.1) is 6.92 Å². The molecule has 1 saturated heterocycles. The van der Waals surface area contributed by atoms with Crippen LogP contribution >= 0.6 is 11.6 Å². The highest BCUT2D eigenvalue weighted by molar-refractivity contribution is 6.31. The van der Waals surface area contributed by atoms with Gasteiger partial charge in [0.2, 0.25) is 0 Å². The van der Waals surface area contributed by atoms with Gasteiger partial charge in [0.25, 0.3) is 0 Å². The first-order chi connectivity index (χ1) is 11.7. The molecule has 2 unspecified atom stereocenters. The first-order valence-corrected chi connectivity index (χ1v) is 9.36. The lowest BCUT2D eigenvalue weighted by Crippen LogP contribution is -2.47. The van der Waals surface area contributed by atoms with Crippen LogP contribution in [-0.2, 0) is 6.54 Å². The third-order valence-corrected chi connectivity index (χ3v) is 6.01. The quantitative estimate of drug-likeness (QED) is 0.678. The average molecular weight is 338 g/mol. The Hall–Kier alpha value is -1.57. The number of piperidine rings is 1. The summed E-state index contributed by atoms with van der Waals surface area (Å²) in [6.07, 6.45) is 7.58. The van der Waals surface area contributed by atoms with Crippen LogP contribution in [0.4, 0.5) is 0 Å². The van der Waals surface area contributed by atoms with E-state index in [1.54, 1.807) is 0 Å². The topological polar surface area (TPSA) is 3.24 Å². The minimum absolute atomic E-state index is 0.561. The van der Waals surface area contributed by atoms with Gasteiger partial charge in [-0.25, -0.2) is 0 Å². The van der Waals surface area contributed by atoms with Crippen LogP contribution in [0.2, 0.25) is 5.02 Å². The summed E-state index contributed by atoms with van der Waals surface area (Å²) < 4.78 is 0. The molecule has 0 aliphatic carbocycles. The molecule has 0 amide bonds. The third kappa shape index (κ3) is 3.03. The van der Waals surface area contributed by atoms with Gasteiger partial charge in [0.15, 0.2) is 0 Å². The molecule has 1 nitrogen and oxygen atoms in total. The zero-order chi connectivity index (χ0) is 16.5. The van der Waals surface area contributed by atoms with E-state index in [1.165, 1.54) is 41.5 Å². The molecule has 0 aromatic heterocycles. The summed E-state index contributed by atoms with van der Waals surface area (Å²) in [5.74, 6) is 0. The summed E-state index contributed by atoms with van der Waals surface area (Å²) in [4.78, 5) is 2.71. The van der Waals surface area contributed by atoms with Crippen molar-refractivity contribution in [3.63, 3.8) is 0 Å². The van der Waals surface area contributed by atoms with Crippen molar-refractivity contribution in [1.82, 2.24) is 4.90 Å². The van der Waals surface area contributed by atoms with E-state index in [9.17, 15) is 0 Å². The minimum atomic E-state index is 0.561. The van der Waals surface area contributed by atoms with Crippen LogP contribution in [-0.4, -0.2) is 17.0 Å². The molecule has 2 atom stereocenters. The van der Waals surface area contributed by atoms with Gasteiger partial charge >= 0.3 is 0 Å². The van der Waals surface area contributed by atoms with Crippen LogP contribution in [0.15, 0.2) is 54.6 Å². The van der Waals surface area contributed by atoms with E-state index in [4.69, 9.17) is 11.6 Å². The Morgan fingerprint density at radius 2 is 1.88 bits per heavy atom. The standard InChI is InChI=1S/C22H24ClN/c1-16-21(11-6-12-22(16)23)18-13-19-9-5-10-20(14-18)24(19)15-17-7-3-2-4-8-17/h2-4,6-8,11-13,19-20H,5,9-10,14-15H2,1H3. The molecule has 1 fully saturated rings. The Labute approximate surface area is 149 Å². The molecule has 2 bridgehead atoms. The summed E-state index contributed by atoms with van der Waals surface area (Å²) in [6.45, 7) is 3.21. The van der Waals surface area contributed by atoms with Gasteiger partial charge in [0.1, 0.15) is 0 Å². The van der Waals surface area contributed by atoms with Gasteiger partial charge in [-0.2, -0.15) is 0 Å². The molecule has 0 radical (unpaired) electrons. The maximum atomic E-state index is 6.35. The van der Waals surface area contributed by atoms with Gasteiger partial charge in [0, 0.05) is 23.7 Å². The van der Waals surface area contributed by atoms with E-state index < -0.39 is 0 Å². The largest absolute Gasteiger partial charge is 0.289 e. The lowest BCUT2D eigenvalue weighted by Gasteiger charge is -2.45. The van der Waals surface area contributed by atoms with E-state index in [2.05, 4.69) is 60.4 Å². The zero-order valence-electron chi connectivity index (χ0n) is 14.2. The van der Waals surface area contributed by atoms with Crippen LogP contribution < -0.4 is 0 Å². The van der Waals surface area contributed by atoms with E-state index in [0.29, 0.717) is 12.1 Å². The lowest BCUT2D eigenvalue weighted by molar-refractivity contribution is 0.0951. The number of nitrogens with zero attached hydrogens (tertiary/aromatic N) is 1. The number of hydrogen-bond donors (Lipinski definition) is 0. The van der Waals surface area contributed by atoms with Gasteiger partial charge in [-0.1, -0.05) is 66.6 Å². The summed E-state index contributed by atoms with van der Waals surface area (Å²) in [5.41, 5.74) is 5.48. The Bertz CT molecular complexity index is 750. The predicted molar refractivity (Wildman–Crippen MR) is 102 cm³/mol. The van der Waals surface area contributed by atoms with Crippen LogP contribution in [0.3, 0.4) is 0 Å². The molecule has 124 valence electrons. The highest BCUT2D eigenvalue weighted by Crippen LogP contribution is 2.39. The molecular formula is C22H24ClN. The molecule has 0 spiro atoms. The van der Waals surface area contributed by atoms with Crippen LogP contribution in [0.5, 0.6) is 0 Å². The van der Waals surface area contributed by atoms with Crippen molar-refractivity contribution in [2.45, 2.75) is 51.2 Å². The normalized spacial score (nSPS) is 23.8. The lowest BCUT2D eigenvalue weighted by atomic mass is 9.81. The van der Waals surface area contributed by atoms with Gasteiger partial charge in [-0.3, -0.25) is 4.90 Å². The van der Waals surface area contributed by atoms with Crippen molar-refractivity contribution in [3.05, 3.63) is 76.3 Å². The molecule has 2 aromatic rings. The third-order valence-electron chi connectivity index (χ3n) is 5.60. The molecule has 2 aliphatic heterocycles. The fourth-order valence-electron chi connectivity index (χ4n) is 4.31. The second-order valence-corrected chi connectivity index (χ2v) is 7.53. The van der Waals surface area contributed by atoms with Crippen molar-refractivity contribution in [2.75, 3.05) is 0 Å². The minimum Gasteiger partial charge on any atom is -0.289 e. The maximum absolute atomic E-state index is 6.35. The van der Waals surface area contributed by atoms with Crippen LogP contribution in [0.1, 0.15) is 42.4 Å². The molecular weight excluding hydrogens is 314 g/mol. The van der Waals surface area contributed by atoms with Crippen molar-refractivity contribution >= 4 is 17.2 Å². The smallest absolute Gasteiger partial charge is 0.0441 e. The van der Waals surface area contributed by atoms with Crippen LogP contribution in [0.25, 0.3) is 5.57 Å². The van der Waals surface area contributed by atoms with Crippen molar-refractivity contribution in [2.24, 2.45) is 0 Å². The molecule has 2 heteroatoms. The first-order valence-electron chi connectivity index (χ1n) is 8.98. The summed E-state index contributed by atoms with van der Waals surface area (Å²) >= 11 is 6.35. The number of benzene rings is 2. The molecule has 2 heterocycles. The van der Waals surface area contributed by atoms with E-state index in [1.807, 2.05) is 6.07 Å². The Morgan fingerprint density at radius 1 is 1.04 bits per heavy atom. The van der Waals surface area contributed by atoms with Gasteiger partial charge in [0.05, 0.1) is 0 Å². The Balaban J connectivity index is 1.64. The highest BCUT2D eigenvalue weighted by Gasteiger charge is 2.34. The van der Waals surface area contributed by atoms with Gasteiger partial charge in [-0.05, 0) is 54.5 Å². The number of hydrogen-bond acceptors (Lipinski definition) is 1. The molecule has 0 saturated carbocycles. The molecule has 0 N–H and O–H groups in total. The van der Waals surface area contributed by atoms with E-state index >= 15 is 0 Å². The number of halogens is 1.